The molecule has 1 spiro atoms. The number of rotatable bonds is 11. The first-order valence-corrected chi connectivity index (χ1v) is 33.5. The molecule has 14 rings (SSSR count). The van der Waals surface area contributed by atoms with Gasteiger partial charge in [-0.2, -0.15) is 0 Å². The second-order valence-electron chi connectivity index (χ2n) is 28.3. The van der Waals surface area contributed by atoms with Crippen LogP contribution >= 0.6 is 0 Å². The highest BCUT2D eigenvalue weighted by molar-refractivity contribution is 6.31. The summed E-state index contributed by atoms with van der Waals surface area (Å²) in [6, 6.07) is 14.7. The molecule has 97 heavy (non-hydrogen) atoms. The van der Waals surface area contributed by atoms with Crippen LogP contribution < -0.4 is 20.1 Å². The van der Waals surface area contributed by atoms with Crippen LogP contribution in [0.2, 0.25) is 0 Å². The Morgan fingerprint density at radius 2 is 1.54 bits per heavy atom. The summed E-state index contributed by atoms with van der Waals surface area (Å²) in [6.45, 7) is 11.4. The van der Waals surface area contributed by atoms with Crippen molar-refractivity contribution in [3.05, 3.63) is 123 Å². The van der Waals surface area contributed by atoms with Crippen LogP contribution in [0.4, 0.5) is 5.69 Å². The van der Waals surface area contributed by atoms with E-state index >= 15 is 4.79 Å². The smallest absolute Gasteiger partial charge is 0.344 e. The van der Waals surface area contributed by atoms with Gasteiger partial charge in [0.05, 0.1) is 75.1 Å². The Hall–Kier alpha value is -7.78. The van der Waals surface area contributed by atoms with Crippen molar-refractivity contribution in [1.29, 1.82) is 0 Å². The first-order chi connectivity index (χ1) is 46.1. The summed E-state index contributed by atoms with van der Waals surface area (Å²) in [5.41, 5.74) is 1.35. The van der Waals surface area contributed by atoms with Gasteiger partial charge in [-0.1, -0.05) is 56.3 Å². The number of carbonyl (C=O) groups excluding carboxylic acids is 6. The Labute approximate surface area is 561 Å². The second-order valence-corrected chi connectivity index (χ2v) is 28.3. The molecule has 24 nitrogen and oxygen atoms in total. The van der Waals surface area contributed by atoms with E-state index in [0.29, 0.717) is 82.6 Å². The molecule has 4 fully saturated rings. The number of benzene rings is 4. The Balaban J connectivity index is 0.000000193. The first-order valence-electron chi connectivity index (χ1n) is 33.5. The van der Waals surface area contributed by atoms with Gasteiger partial charge in [0, 0.05) is 133 Å². The topological polar surface area (TPSA) is 340 Å². The number of para-hydroxylation sites is 1. The number of nitrogens with two attached hydrogens (primary N) is 1. The van der Waals surface area contributed by atoms with Gasteiger partial charge < -0.3 is 79.4 Å². The Morgan fingerprint density at radius 3 is 2.21 bits per heavy atom. The summed E-state index contributed by atoms with van der Waals surface area (Å²) in [6.07, 6.45) is 1.41. The number of hydrogen-bond donors (Lipinski definition) is 8. The number of anilines is 1. The maximum atomic E-state index is 15.3. The summed E-state index contributed by atoms with van der Waals surface area (Å²) < 4.78 is 41.0. The van der Waals surface area contributed by atoms with Crippen LogP contribution in [0.5, 0.6) is 23.0 Å². The SMILES string of the molecule is CC[C@]1(O)C[C@@H]2CN(CCc3c([nH]c4ccccc34)[C@@](C(=O)OC)(c3cc4c(cc3OC)N(C)[C@H]3[C@@](O)(C(=O)OC)[C@H](OC(C)=O)[C@]5(CC)C=CCN6CC[C@]43[C@@H]65)C2)C1.COc1cccc2c1C(=O)c1c(O)c3c(c(O)c1C2=O)C[C@@](O)(C(C)=O)C[C@@H]3O[C@H]1C[C@H](N)[C@H](O)[C@H](C)O1. The minimum Gasteiger partial charge on any atom is -0.507 e. The number of hydrogen-bond acceptors (Lipinski definition) is 23. The molecule has 2 bridgehead atoms. The predicted octanol–water partition coefficient (Wildman–Crippen LogP) is 5.02. The number of nitrogens with zero attached hydrogens (tertiary/aromatic N) is 3. The minimum atomic E-state index is -2.30. The maximum Gasteiger partial charge on any atom is 0.344 e. The average molecular weight is 1340 g/mol. The van der Waals surface area contributed by atoms with Crippen molar-refractivity contribution in [2.75, 3.05) is 73.1 Å². The highest BCUT2D eigenvalue weighted by Gasteiger charge is 2.80. The number of phenolic OH excluding ortho intramolecular Hbond substituents is 2. The summed E-state index contributed by atoms with van der Waals surface area (Å²) in [4.78, 5) is 92.8. The summed E-state index contributed by atoms with van der Waals surface area (Å²) in [5, 5.41) is 70.5. The van der Waals surface area contributed by atoms with Crippen molar-refractivity contribution in [1.82, 2.24) is 14.8 Å². The Bertz CT molecular complexity index is 4120. The molecule has 3 saturated heterocycles. The molecule has 9 N–H and O–H groups in total. The fraction of sp³-hybridized carbons (Fsp3) is 0.534. The molecule has 5 aromatic rings. The molecule has 4 aromatic carbocycles. The number of aliphatic hydroxyl groups is 4. The van der Waals surface area contributed by atoms with Gasteiger partial charge in [-0.25, -0.2) is 4.79 Å². The number of ether oxygens (including phenoxy) is 7. The normalized spacial score (nSPS) is 34.4. The fourth-order valence-corrected chi connectivity index (χ4v) is 19.2. The number of aromatic amines is 1. The highest BCUT2D eigenvalue weighted by Crippen LogP contribution is 2.69. The lowest BCUT2D eigenvalue weighted by Crippen LogP contribution is -2.81. The van der Waals surface area contributed by atoms with E-state index in [2.05, 4.69) is 39.1 Å². The van der Waals surface area contributed by atoms with E-state index < -0.39 is 140 Å². The fourth-order valence-electron chi connectivity index (χ4n) is 19.2. The molecule has 16 atom stereocenters. The number of esters is 3. The van der Waals surface area contributed by atoms with Crippen LogP contribution in [0.1, 0.15) is 151 Å². The molecule has 1 saturated carbocycles. The number of nitrogens with one attached hydrogen (secondary N) is 1. The molecule has 1 aromatic heterocycles. The van der Waals surface area contributed by atoms with E-state index in [4.69, 9.17) is 38.9 Å². The molecule has 3 aliphatic carbocycles. The second kappa shape index (κ2) is 24.3. The Kier molecular flexibility index (Phi) is 17.0. The van der Waals surface area contributed by atoms with E-state index in [0.717, 1.165) is 33.4 Å². The molecule has 9 aliphatic rings. The number of piperidine rings is 1. The molecule has 7 heterocycles. The van der Waals surface area contributed by atoms with Gasteiger partial charge in [0.2, 0.25) is 11.4 Å². The zero-order valence-electron chi connectivity index (χ0n) is 56.4. The van der Waals surface area contributed by atoms with Crippen molar-refractivity contribution < 1.29 is 92.6 Å². The van der Waals surface area contributed by atoms with E-state index in [9.17, 15) is 54.6 Å². The lowest BCUT2D eigenvalue weighted by molar-refractivity contribution is -0.247. The molecule has 24 heteroatoms. The molecule has 0 radical (unpaired) electrons. The number of phenols is 2. The number of aromatic nitrogens is 1. The van der Waals surface area contributed by atoms with E-state index in [1.807, 2.05) is 50.1 Å². The number of ketones is 3. The van der Waals surface area contributed by atoms with Gasteiger partial charge >= 0.3 is 17.9 Å². The van der Waals surface area contributed by atoms with Crippen LogP contribution in [0.15, 0.2) is 66.7 Å². The van der Waals surface area contributed by atoms with Crippen molar-refractivity contribution >= 4 is 51.8 Å². The van der Waals surface area contributed by atoms with E-state index in [-0.39, 0.29) is 52.8 Å². The van der Waals surface area contributed by atoms with Crippen LogP contribution in [0.25, 0.3) is 10.9 Å². The number of methoxy groups -OCH3 is 4. The van der Waals surface area contributed by atoms with Gasteiger partial charge in [-0.15, -0.1) is 0 Å². The van der Waals surface area contributed by atoms with Crippen molar-refractivity contribution in [2.24, 2.45) is 17.1 Å². The summed E-state index contributed by atoms with van der Waals surface area (Å²) in [7, 11) is 7.49. The summed E-state index contributed by atoms with van der Waals surface area (Å²) in [5.74, 6) is -4.74. The third-order valence-corrected chi connectivity index (χ3v) is 23.4. The van der Waals surface area contributed by atoms with Crippen molar-refractivity contribution in [3.63, 3.8) is 0 Å². The number of likely N-dealkylation sites (N-methyl/N-ethyl adjacent to an activating group) is 1. The quantitative estimate of drug-likeness (QED) is 0.0365. The van der Waals surface area contributed by atoms with Crippen LogP contribution in [0, 0.1) is 11.3 Å². The number of aliphatic hydroxyl groups excluding tert-OH is 1. The third-order valence-electron chi connectivity index (χ3n) is 23.4. The maximum absolute atomic E-state index is 15.3. The molecule has 6 aliphatic heterocycles. The number of Topliss-reactive ketones (excluding diaryl/α,β-unsaturated/α-hetero) is 1. The van der Waals surface area contributed by atoms with Gasteiger partial charge in [-0.05, 0) is 94.2 Å². The minimum absolute atomic E-state index is 0.0147. The monoisotopic (exact) mass is 1340 g/mol. The standard InChI is InChI=1S/C46H58N4O9.C27H29NO10/c1-8-42(54)23-28-24-45(40(52)57-6,36-30(15-19-49(25-28)26-42)29-13-10-11-14-33(29)47-36)32-21-31-34(22-35(32)56-5)48(4)38-44(31)17-20-50-18-12-16-43(9-2,37(44)50)39(59-27(3)51)46(38,55)41(53)58-7;1-10-22(30)14(28)7-17(37-10)38-16-9-27(35,11(2)29)8-13-19(16)26(34)21-20(24(13)32)23(31)12-5-4-6-15(36-3)18(12)25(21)33/h10-14,16,21-22,28,37-39,47,54-55H,8-9,15,17-20,23-26H2,1-7H3;4-6,10,14,16-17,22,30,32,34-35H,7-9,28H2,1-3H3/t28-,37-,38+,39+,42-,43+,44+,45-,46-;10-,14-,16-,17-,22+,27-/m00/s1. The molecular formula is C73H87N5O19. The molecule has 518 valence electrons. The zero-order chi connectivity index (χ0) is 69.5. The number of fused-ring (bicyclic) bond motifs is 9. The largest absolute Gasteiger partial charge is 0.507 e. The predicted molar refractivity (Wildman–Crippen MR) is 351 cm³/mol. The van der Waals surface area contributed by atoms with Crippen LogP contribution in [-0.2, 0) is 66.5 Å². The van der Waals surface area contributed by atoms with Gasteiger partial charge in [0.1, 0.15) is 34.0 Å². The van der Waals surface area contributed by atoms with Gasteiger partial charge in [0.15, 0.2) is 24.0 Å². The van der Waals surface area contributed by atoms with E-state index in [1.165, 1.54) is 53.4 Å². The number of aromatic hydroxyl groups is 2. The molecule has 1 unspecified atom stereocenters. The number of H-pyrrole nitrogens is 1. The zero-order valence-corrected chi connectivity index (χ0v) is 56.4. The lowest BCUT2D eigenvalue weighted by Gasteiger charge is -2.63. The number of carbonyl (C=O) groups is 6. The summed E-state index contributed by atoms with van der Waals surface area (Å²) >= 11 is 0. The highest BCUT2D eigenvalue weighted by atomic mass is 16.7. The van der Waals surface area contributed by atoms with Gasteiger partial charge in [-0.3, -0.25) is 33.8 Å². The average Bonchev–Trinajstić information content (AvgIpc) is 1.50. The van der Waals surface area contributed by atoms with E-state index in [1.54, 1.807) is 14.0 Å². The van der Waals surface area contributed by atoms with Crippen LogP contribution in [0.3, 0.4) is 0 Å². The molecule has 0 amide bonds. The van der Waals surface area contributed by atoms with Gasteiger partial charge in [0.25, 0.3) is 0 Å². The van der Waals surface area contributed by atoms with Crippen molar-refractivity contribution in [3.8, 4) is 23.0 Å². The Morgan fingerprint density at radius 1 is 0.814 bits per heavy atom. The third kappa shape index (κ3) is 9.84. The lowest BCUT2D eigenvalue weighted by atomic mass is 9.47. The molecular weight excluding hydrogens is 1250 g/mol. The first kappa shape index (κ1) is 67.8. The van der Waals surface area contributed by atoms with Crippen molar-refractivity contribution in [2.45, 2.75) is 169 Å². The van der Waals surface area contributed by atoms with Crippen LogP contribution in [-0.4, -0.2) is 208 Å².